The van der Waals surface area contributed by atoms with E-state index in [1.807, 2.05) is 37.3 Å². The standard InChI is InChI=1S/C14H14N4O/c1-2-19-11-16-14-13(8-15)9-17-18(14)10-12-6-4-3-5-7-12/h3-7,9,11H,2,10H2,1H3. The molecule has 0 fully saturated rings. The Morgan fingerprint density at radius 1 is 1.42 bits per heavy atom. The minimum atomic E-state index is 0.437. The zero-order valence-electron chi connectivity index (χ0n) is 10.7. The summed E-state index contributed by atoms with van der Waals surface area (Å²) in [6, 6.07) is 12.0. The van der Waals surface area contributed by atoms with Gasteiger partial charge in [-0.25, -0.2) is 4.68 Å². The van der Waals surface area contributed by atoms with Crippen LogP contribution in [0.5, 0.6) is 0 Å². The Morgan fingerprint density at radius 3 is 2.89 bits per heavy atom. The summed E-state index contributed by atoms with van der Waals surface area (Å²) < 4.78 is 6.75. The van der Waals surface area contributed by atoms with E-state index in [2.05, 4.69) is 16.2 Å². The third-order valence-electron chi connectivity index (χ3n) is 2.52. The van der Waals surface area contributed by atoms with Crippen LogP contribution in [0.1, 0.15) is 18.1 Å². The van der Waals surface area contributed by atoms with Gasteiger partial charge in [0.1, 0.15) is 11.6 Å². The largest absolute Gasteiger partial charge is 0.483 e. The number of hydrogen-bond acceptors (Lipinski definition) is 4. The van der Waals surface area contributed by atoms with Crippen molar-refractivity contribution in [1.82, 2.24) is 9.78 Å². The summed E-state index contributed by atoms with van der Waals surface area (Å²) in [7, 11) is 0. The van der Waals surface area contributed by atoms with Crippen LogP contribution in [0.15, 0.2) is 41.5 Å². The molecule has 5 heteroatoms. The molecule has 0 aliphatic heterocycles. The lowest BCUT2D eigenvalue weighted by Gasteiger charge is -2.04. The first-order valence-corrected chi connectivity index (χ1v) is 5.99. The second kappa shape index (κ2) is 6.36. The van der Waals surface area contributed by atoms with Gasteiger partial charge in [0, 0.05) is 0 Å². The maximum atomic E-state index is 9.04. The van der Waals surface area contributed by atoms with Crippen LogP contribution in [0.25, 0.3) is 0 Å². The van der Waals surface area contributed by atoms with Gasteiger partial charge in [-0.15, -0.1) is 0 Å². The molecule has 2 rings (SSSR count). The van der Waals surface area contributed by atoms with Crippen LogP contribution in [-0.4, -0.2) is 22.8 Å². The van der Waals surface area contributed by atoms with Crippen LogP contribution in [0.3, 0.4) is 0 Å². The van der Waals surface area contributed by atoms with Crippen LogP contribution < -0.4 is 0 Å². The fourth-order valence-corrected chi connectivity index (χ4v) is 1.63. The van der Waals surface area contributed by atoms with Gasteiger partial charge in [0.2, 0.25) is 0 Å². The Balaban J connectivity index is 2.26. The number of nitriles is 1. The van der Waals surface area contributed by atoms with E-state index in [1.165, 1.54) is 12.6 Å². The normalized spacial score (nSPS) is 10.5. The number of aromatic nitrogens is 2. The molecular formula is C14H14N4O. The minimum absolute atomic E-state index is 0.437. The molecule has 0 amide bonds. The molecule has 0 radical (unpaired) electrons. The molecule has 1 aromatic carbocycles. The summed E-state index contributed by atoms with van der Waals surface area (Å²) in [6.45, 7) is 2.98. The molecule has 0 spiro atoms. The molecule has 0 saturated carbocycles. The maximum Gasteiger partial charge on any atom is 0.176 e. The summed E-state index contributed by atoms with van der Waals surface area (Å²) in [5.41, 5.74) is 1.54. The van der Waals surface area contributed by atoms with E-state index in [-0.39, 0.29) is 0 Å². The number of benzene rings is 1. The Hall–Kier alpha value is -2.61. The lowest BCUT2D eigenvalue weighted by Crippen LogP contribution is -2.01. The van der Waals surface area contributed by atoms with Crippen molar-refractivity contribution in [3.63, 3.8) is 0 Å². The average molecular weight is 254 g/mol. The van der Waals surface area contributed by atoms with E-state index in [1.54, 1.807) is 4.68 Å². The molecule has 19 heavy (non-hydrogen) atoms. The van der Waals surface area contributed by atoms with E-state index < -0.39 is 0 Å². The molecular weight excluding hydrogens is 240 g/mol. The van der Waals surface area contributed by atoms with Crippen molar-refractivity contribution in [2.75, 3.05) is 6.61 Å². The predicted molar refractivity (Wildman–Crippen MR) is 72.3 cm³/mol. The predicted octanol–water partition coefficient (Wildman–Crippen LogP) is 2.50. The Labute approximate surface area is 111 Å². The molecule has 1 heterocycles. The van der Waals surface area contributed by atoms with Gasteiger partial charge in [-0.1, -0.05) is 30.3 Å². The van der Waals surface area contributed by atoms with Gasteiger partial charge >= 0.3 is 0 Å². The fourth-order valence-electron chi connectivity index (χ4n) is 1.63. The highest BCUT2D eigenvalue weighted by Crippen LogP contribution is 2.19. The van der Waals surface area contributed by atoms with Crippen molar-refractivity contribution in [1.29, 1.82) is 5.26 Å². The van der Waals surface area contributed by atoms with Crippen molar-refractivity contribution < 1.29 is 4.74 Å². The summed E-state index contributed by atoms with van der Waals surface area (Å²) >= 11 is 0. The maximum absolute atomic E-state index is 9.04. The van der Waals surface area contributed by atoms with Crippen molar-refractivity contribution in [3.05, 3.63) is 47.7 Å². The van der Waals surface area contributed by atoms with Gasteiger partial charge in [-0.3, -0.25) is 0 Å². The van der Waals surface area contributed by atoms with E-state index in [0.29, 0.717) is 24.5 Å². The van der Waals surface area contributed by atoms with Crippen molar-refractivity contribution in [3.8, 4) is 6.07 Å². The molecule has 0 unspecified atom stereocenters. The van der Waals surface area contributed by atoms with Crippen LogP contribution >= 0.6 is 0 Å². The molecule has 0 aliphatic carbocycles. The van der Waals surface area contributed by atoms with E-state index in [9.17, 15) is 0 Å². The molecule has 0 atom stereocenters. The highest BCUT2D eigenvalue weighted by Gasteiger charge is 2.09. The molecule has 0 bridgehead atoms. The first-order chi connectivity index (χ1) is 9.35. The Kier molecular flexibility index (Phi) is 4.29. The SMILES string of the molecule is CCOC=Nc1c(C#N)cnn1Cc1ccccc1. The van der Waals surface area contributed by atoms with Crippen LogP contribution in [-0.2, 0) is 11.3 Å². The second-order valence-electron chi connectivity index (χ2n) is 3.83. The summed E-state index contributed by atoms with van der Waals surface area (Å²) in [6.07, 6.45) is 2.86. The monoisotopic (exact) mass is 254 g/mol. The third kappa shape index (κ3) is 3.19. The number of aliphatic imine (C=N–C) groups is 1. The summed E-state index contributed by atoms with van der Waals surface area (Å²) in [5, 5.41) is 13.2. The number of nitrogens with zero attached hydrogens (tertiary/aromatic N) is 4. The molecule has 96 valence electrons. The summed E-state index contributed by atoms with van der Waals surface area (Å²) in [5.74, 6) is 0.514. The van der Waals surface area contributed by atoms with E-state index in [4.69, 9.17) is 10.00 Å². The smallest absolute Gasteiger partial charge is 0.176 e. The molecule has 0 saturated heterocycles. The first kappa shape index (κ1) is 12.8. The van der Waals surface area contributed by atoms with Gasteiger partial charge in [0.05, 0.1) is 19.3 Å². The van der Waals surface area contributed by atoms with E-state index >= 15 is 0 Å². The number of ether oxygens (including phenoxy) is 1. The summed E-state index contributed by atoms with van der Waals surface area (Å²) in [4.78, 5) is 4.15. The Morgan fingerprint density at radius 2 is 2.21 bits per heavy atom. The first-order valence-electron chi connectivity index (χ1n) is 5.99. The van der Waals surface area contributed by atoms with E-state index in [0.717, 1.165) is 5.56 Å². The van der Waals surface area contributed by atoms with Gasteiger partial charge in [0.15, 0.2) is 12.2 Å². The van der Waals surface area contributed by atoms with Gasteiger partial charge in [-0.2, -0.15) is 15.4 Å². The highest BCUT2D eigenvalue weighted by atomic mass is 16.5. The quantitative estimate of drug-likeness (QED) is 0.608. The molecule has 2 aromatic rings. The van der Waals surface area contributed by atoms with Crippen molar-refractivity contribution >= 4 is 12.2 Å². The van der Waals surface area contributed by atoms with Gasteiger partial charge < -0.3 is 4.74 Å². The average Bonchev–Trinajstić information content (AvgIpc) is 2.83. The second-order valence-corrected chi connectivity index (χ2v) is 3.83. The third-order valence-corrected chi connectivity index (χ3v) is 2.52. The Bertz CT molecular complexity index is 596. The zero-order chi connectivity index (χ0) is 13.5. The van der Waals surface area contributed by atoms with Gasteiger partial charge in [-0.05, 0) is 12.5 Å². The minimum Gasteiger partial charge on any atom is -0.483 e. The molecule has 0 aliphatic rings. The van der Waals surface area contributed by atoms with Crippen LogP contribution in [0.4, 0.5) is 5.82 Å². The van der Waals surface area contributed by atoms with Crippen molar-refractivity contribution in [2.24, 2.45) is 4.99 Å². The lowest BCUT2D eigenvalue weighted by atomic mass is 10.2. The van der Waals surface area contributed by atoms with Gasteiger partial charge in [0.25, 0.3) is 0 Å². The number of rotatable bonds is 5. The molecule has 0 N–H and O–H groups in total. The number of hydrogen-bond donors (Lipinski definition) is 0. The molecule has 5 nitrogen and oxygen atoms in total. The highest BCUT2D eigenvalue weighted by molar-refractivity contribution is 5.58. The van der Waals surface area contributed by atoms with Crippen LogP contribution in [0, 0.1) is 11.3 Å². The van der Waals surface area contributed by atoms with Crippen molar-refractivity contribution in [2.45, 2.75) is 13.5 Å². The molecule has 1 aromatic heterocycles. The lowest BCUT2D eigenvalue weighted by molar-refractivity contribution is 0.343. The zero-order valence-corrected chi connectivity index (χ0v) is 10.7. The topological polar surface area (TPSA) is 63.2 Å². The van der Waals surface area contributed by atoms with Crippen LogP contribution in [0.2, 0.25) is 0 Å². The fraction of sp³-hybridized carbons (Fsp3) is 0.214.